The molecule has 1 heterocycles. The molecule has 1 aromatic heterocycles. The van der Waals surface area contributed by atoms with E-state index in [0.29, 0.717) is 28.9 Å². The predicted molar refractivity (Wildman–Crippen MR) is 131 cm³/mol. The van der Waals surface area contributed by atoms with Gasteiger partial charge in [-0.1, -0.05) is 36.8 Å². The maximum Gasteiger partial charge on any atom is 0.229 e. The standard InChI is InChI=1S/C23H27ClFN3OS2/c1-4-27(5-2)13-14-28(21(29)12-15-30-18-8-6-17(25)7-9-18)23-26-22-16(3)19(24)10-11-20(22)31-23/h6-11H,4-5,12-15H2,1-3H3. The van der Waals surface area contributed by atoms with Crippen molar-refractivity contribution in [3.05, 3.63) is 52.8 Å². The lowest BCUT2D eigenvalue weighted by molar-refractivity contribution is -0.118. The van der Waals surface area contributed by atoms with E-state index in [0.717, 1.165) is 40.3 Å². The molecule has 166 valence electrons. The van der Waals surface area contributed by atoms with Gasteiger partial charge in [-0.25, -0.2) is 9.37 Å². The van der Waals surface area contributed by atoms with Gasteiger partial charge in [-0.15, -0.1) is 11.8 Å². The summed E-state index contributed by atoms with van der Waals surface area (Å²) in [6, 6.07) is 10.2. The Bertz CT molecular complexity index is 1020. The van der Waals surface area contributed by atoms with E-state index in [4.69, 9.17) is 16.6 Å². The number of carbonyl (C=O) groups is 1. The molecule has 0 saturated heterocycles. The van der Waals surface area contributed by atoms with Crippen molar-refractivity contribution in [2.24, 2.45) is 0 Å². The molecule has 1 amide bonds. The molecule has 0 fully saturated rings. The van der Waals surface area contributed by atoms with E-state index in [1.165, 1.54) is 23.5 Å². The number of rotatable bonds is 10. The number of nitrogens with zero attached hydrogens (tertiary/aromatic N) is 3. The van der Waals surface area contributed by atoms with Gasteiger partial charge in [0.15, 0.2) is 5.13 Å². The summed E-state index contributed by atoms with van der Waals surface area (Å²) in [4.78, 5) is 23.0. The number of benzene rings is 2. The molecule has 0 aliphatic rings. The molecular weight excluding hydrogens is 453 g/mol. The van der Waals surface area contributed by atoms with Crippen LogP contribution in [0.5, 0.6) is 0 Å². The van der Waals surface area contributed by atoms with Gasteiger partial charge in [-0.05, 0) is 62.0 Å². The van der Waals surface area contributed by atoms with Crippen LogP contribution in [0.4, 0.5) is 9.52 Å². The maximum atomic E-state index is 13.2. The smallest absolute Gasteiger partial charge is 0.229 e. The number of hydrogen-bond donors (Lipinski definition) is 0. The lowest BCUT2D eigenvalue weighted by Gasteiger charge is -2.24. The summed E-state index contributed by atoms with van der Waals surface area (Å²) < 4.78 is 14.1. The van der Waals surface area contributed by atoms with E-state index in [1.54, 1.807) is 23.9 Å². The third-order valence-electron chi connectivity index (χ3n) is 5.20. The summed E-state index contributed by atoms with van der Waals surface area (Å²) in [6.07, 6.45) is 0.385. The number of anilines is 1. The van der Waals surface area contributed by atoms with Gasteiger partial charge in [-0.3, -0.25) is 9.69 Å². The van der Waals surface area contributed by atoms with Crippen molar-refractivity contribution in [1.82, 2.24) is 9.88 Å². The average Bonchev–Trinajstić information content (AvgIpc) is 3.20. The minimum Gasteiger partial charge on any atom is -0.302 e. The lowest BCUT2D eigenvalue weighted by Crippen LogP contribution is -2.39. The van der Waals surface area contributed by atoms with Crippen LogP contribution in [0.25, 0.3) is 10.2 Å². The fourth-order valence-electron chi connectivity index (χ4n) is 3.23. The van der Waals surface area contributed by atoms with Crippen molar-refractivity contribution in [3.63, 3.8) is 0 Å². The Hall–Kier alpha value is -1.67. The average molecular weight is 480 g/mol. The quantitative estimate of drug-likeness (QED) is 0.322. The van der Waals surface area contributed by atoms with Gasteiger partial charge in [0.25, 0.3) is 0 Å². The Morgan fingerprint density at radius 1 is 1.13 bits per heavy atom. The van der Waals surface area contributed by atoms with Gasteiger partial charge < -0.3 is 4.90 Å². The predicted octanol–water partition coefficient (Wildman–Crippen LogP) is 6.25. The second-order valence-electron chi connectivity index (χ2n) is 7.14. The van der Waals surface area contributed by atoms with Gasteiger partial charge in [0.1, 0.15) is 5.82 Å². The van der Waals surface area contributed by atoms with Crippen molar-refractivity contribution < 1.29 is 9.18 Å². The minimum atomic E-state index is -0.255. The number of aryl methyl sites for hydroxylation is 1. The number of carbonyl (C=O) groups excluding carboxylic acids is 1. The Kier molecular flexibility index (Phi) is 8.72. The minimum absolute atomic E-state index is 0.0459. The molecule has 0 atom stereocenters. The van der Waals surface area contributed by atoms with Crippen LogP contribution in [0.15, 0.2) is 41.3 Å². The number of thiazole rings is 1. The van der Waals surface area contributed by atoms with Gasteiger partial charge in [0, 0.05) is 35.2 Å². The Labute approximate surface area is 196 Å². The van der Waals surface area contributed by atoms with Crippen molar-refractivity contribution in [1.29, 1.82) is 0 Å². The molecule has 3 aromatic rings. The zero-order valence-electron chi connectivity index (χ0n) is 18.0. The van der Waals surface area contributed by atoms with Crippen molar-refractivity contribution >= 4 is 56.0 Å². The van der Waals surface area contributed by atoms with E-state index in [9.17, 15) is 9.18 Å². The van der Waals surface area contributed by atoms with E-state index in [2.05, 4.69) is 18.7 Å². The Morgan fingerprint density at radius 3 is 2.52 bits per heavy atom. The van der Waals surface area contributed by atoms with Crippen LogP contribution >= 0.6 is 34.7 Å². The van der Waals surface area contributed by atoms with Gasteiger partial charge in [0.2, 0.25) is 5.91 Å². The lowest BCUT2D eigenvalue weighted by atomic mass is 10.2. The number of hydrogen-bond acceptors (Lipinski definition) is 5. The number of thioether (sulfide) groups is 1. The topological polar surface area (TPSA) is 36.4 Å². The zero-order valence-corrected chi connectivity index (χ0v) is 20.4. The van der Waals surface area contributed by atoms with Crippen molar-refractivity contribution in [2.45, 2.75) is 32.1 Å². The first kappa shape index (κ1) is 24.0. The summed E-state index contributed by atoms with van der Waals surface area (Å²) in [5.41, 5.74) is 1.79. The molecule has 0 aliphatic heterocycles. The summed E-state index contributed by atoms with van der Waals surface area (Å²) in [5, 5.41) is 1.39. The zero-order chi connectivity index (χ0) is 22.4. The van der Waals surface area contributed by atoms with E-state index in [1.807, 2.05) is 24.0 Å². The third-order valence-corrected chi connectivity index (χ3v) is 7.67. The normalized spacial score (nSPS) is 11.4. The fraction of sp³-hybridized carbons (Fsp3) is 0.391. The number of halogens is 2. The van der Waals surface area contributed by atoms with Crippen LogP contribution in [0.2, 0.25) is 5.02 Å². The highest BCUT2D eigenvalue weighted by Gasteiger charge is 2.21. The first-order chi connectivity index (χ1) is 14.9. The molecule has 0 bridgehead atoms. The van der Waals surface area contributed by atoms with Crippen LogP contribution in [0.1, 0.15) is 25.8 Å². The molecule has 0 unspecified atom stereocenters. The second kappa shape index (κ2) is 11.3. The molecule has 0 spiro atoms. The number of amides is 1. The summed E-state index contributed by atoms with van der Waals surface area (Å²) in [5.74, 6) is 0.418. The maximum absolute atomic E-state index is 13.2. The first-order valence-corrected chi connectivity index (χ1v) is 12.6. The van der Waals surface area contributed by atoms with Gasteiger partial charge >= 0.3 is 0 Å². The van der Waals surface area contributed by atoms with Crippen molar-refractivity contribution in [3.8, 4) is 0 Å². The molecule has 0 aliphatic carbocycles. The SMILES string of the molecule is CCN(CC)CCN(C(=O)CCSc1ccc(F)cc1)c1nc2c(C)c(Cl)ccc2s1. The largest absolute Gasteiger partial charge is 0.302 e. The van der Waals surface area contributed by atoms with Crippen LogP contribution in [-0.2, 0) is 4.79 Å². The van der Waals surface area contributed by atoms with Crippen molar-refractivity contribution in [2.75, 3.05) is 36.8 Å². The monoisotopic (exact) mass is 479 g/mol. The van der Waals surface area contributed by atoms with E-state index < -0.39 is 0 Å². The van der Waals surface area contributed by atoms with E-state index >= 15 is 0 Å². The Morgan fingerprint density at radius 2 is 1.84 bits per heavy atom. The number of aromatic nitrogens is 1. The van der Waals surface area contributed by atoms with Crippen LogP contribution in [0.3, 0.4) is 0 Å². The molecule has 8 heteroatoms. The summed E-state index contributed by atoms with van der Waals surface area (Å²) >= 11 is 9.34. The summed E-state index contributed by atoms with van der Waals surface area (Å²) in [6.45, 7) is 9.46. The highest BCUT2D eigenvalue weighted by atomic mass is 35.5. The molecule has 0 radical (unpaired) electrons. The molecule has 31 heavy (non-hydrogen) atoms. The third kappa shape index (κ3) is 6.19. The molecular formula is C23H27ClFN3OS2. The molecule has 2 aromatic carbocycles. The Balaban J connectivity index is 1.76. The number of fused-ring (bicyclic) bond motifs is 1. The summed E-state index contributed by atoms with van der Waals surface area (Å²) in [7, 11) is 0. The van der Waals surface area contributed by atoms with Crippen LogP contribution < -0.4 is 4.90 Å². The highest BCUT2D eigenvalue weighted by molar-refractivity contribution is 7.99. The molecule has 0 N–H and O–H groups in total. The van der Waals surface area contributed by atoms with Gasteiger partial charge in [0.05, 0.1) is 10.2 Å². The molecule has 3 rings (SSSR count). The highest BCUT2D eigenvalue weighted by Crippen LogP contribution is 2.34. The fourth-order valence-corrected chi connectivity index (χ4v) is 5.30. The molecule has 0 saturated carbocycles. The second-order valence-corrected chi connectivity index (χ2v) is 9.72. The van der Waals surface area contributed by atoms with Crippen LogP contribution in [0, 0.1) is 12.7 Å². The molecule has 4 nitrogen and oxygen atoms in total. The first-order valence-electron chi connectivity index (χ1n) is 10.4. The van der Waals surface area contributed by atoms with Crippen LogP contribution in [-0.4, -0.2) is 47.7 Å². The van der Waals surface area contributed by atoms with Gasteiger partial charge in [-0.2, -0.15) is 0 Å². The van der Waals surface area contributed by atoms with E-state index in [-0.39, 0.29) is 11.7 Å². The number of likely N-dealkylation sites (N-methyl/N-ethyl adjacent to an activating group) is 1.